The lowest BCUT2D eigenvalue weighted by atomic mass is 9.89. The summed E-state index contributed by atoms with van der Waals surface area (Å²) in [5.41, 5.74) is 2.12. The van der Waals surface area contributed by atoms with Gasteiger partial charge >= 0.3 is 0 Å². The molecule has 2 heterocycles. The van der Waals surface area contributed by atoms with Crippen molar-refractivity contribution in [1.82, 2.24) is 19.7 Å². The van der Waals surface area contributed by atoms with Gasteiger partial charge in [-0.25, -0.2) is 0 Å². The van der Waals surface area contributed by atoms with Gasteiger partial charge in [-0.05, 0) is 36.6 Å². The standard InChI is InChI=1S/C21H23ClN4S/c1-2-13-26-20(15-7-4-3-5-8-15)24-25-21(26)27-14-16-10-11-18(22)17-9-6-12-23-19(16)17/h2,6,9-12,15H,1,3-5,7-8,13-14H2. The van der Waals surface area contributed by atoms with Crippen LogP contribution in [0.25, 0.3) is 10.9 Å². The first kappa shape index (κ1) is 18.5. The minimum absolute atomic E-state index is 0.526. The number of nitrogens with zero attached hydrogens (tertiary/aromatic N) is 4. The lowest BCUT2D eigenvalue weighted by molar-refractivity contribution is 0.415. The summed E-state index contributed by atoms with van der Waals surface area (Å²) in [5, 5.41) is 11.7. The maximum absolute atomic E-state index is 6.32. The first-order chi connectivity index (χ1) is 13.3. The third-order valence-corrected chi connectivity index (χ3v) is 6.53. The van der Waals surface area contributed by atoms with Crippen molar-refractivity contribution in [2.45, 2.75) is 55.5 Å². The highest BCUT2D eigenvalue weighted by atomic mass is 35.5. The van der Waals surface area contributed by atoms with Crippen LogP contribution < -0.4 is 0 Å². The quantitative estimate of drug-likeness (QED) is 0.377. The summed E-state index contributed by atoms with van der Waals surface area (Å²) >= 11 is 8.02. The molecule has 0 spiro atoms. The number of hydrogen-bond acceptors (Lipinski definition) is 4. The van der Waals surface area contributed by atoms with E-state index in [1.54, 1.807) is 11.8 Å². The van der Waals surface area contributed by atoms with Gasteiger partial charge in [0, 0.05) is 34.8 Å². The summed E-state index contributed by atoms with van der Waals surface area (Å²) in [6.45, 7) is 4.67. The first-order valence-electron chi connectivity index (χ1n) is 9.47. The van der Waals surface area contributed by atoms with Crippen LogP contribution in [0.4, 0.5) is 0 Å². The summed E-state index contributed by atoms with van der Waals surface area (Å²) in [6, 6.07) is 7.94. The Labute approximate surface area is 169 Å². The van der Waals surface area contributed by atoms with E-state index < -0.39 is 0 Å². The molecule has 1 saturated carbocycles. The second kappa shape index (κ2) is 8.44. The Morgan fingerprint density at radius 2 is 2.04 bits per heavy atom. The molecule has 1 aliphatic rings. The number of aromatic nitrogens is 4. The van der Waals surface area contributed by atoms with Crippen LogP contribution in [0, 0.1) is 0 Å². The molecule has 0 unspecified atom stereocenters. The Kier molecular flexibility index (Phi) is 5.79. The van der Waals surface area contributed by atoms with Gasteiger partial charge in [-0.2, -0.15) is 0 Å². The van der Waals surface area contributed by atoms with E-state index in [1.165, 1.54) is 32.1 Å². The number of thioether (sulfide) groups is 1. The molecule has 4 nitrogen and oxygen atoms in total. The van der Waals surface area contributed by atoms with Crippen molar-refractivity contribution >= 4 is 34.3 Å². The van der Waals surface area contributed by atoms with E-state index in [1.807, 2.05) is 30.5 Å². The molecule has 0 amide bonds. The second-order valence-corrected chi connectivity index (χ2v) is 8.32. The zero-order valence-electron chi connectivity index (χ0n) is 15.3. The molecule has 3 aromatic rings. The molecule has 2 aromatic heterocycles. The minimum atomic E-state index is 0.526. The molecule has 6 heteroatoms. The zero-order chi connectivity index (χ0) is 18.6. The molecule has 0 atom stereocenters. The molecule has 0 radical (unpaired) electrons. The summed E-state index contributed by atoms with van der Waals surface area (Å²) in [4.78, 5) is 4.53. The summed E-state index contributed by atoms with van der Waals surface area (Å²) in [6.07, 6.45) is 10.1. The van der Waals surface area contributed by atoms with Crippen LogP contribution in [0.3, 0.4) is 0 Å². The van der Waals surface area contributed by atoms with Gasteiger partial charge in [0.2, 0.25) is 0 Å². The van der Waals surface area contributed by atoms with Crippen molar-refractivity contribution in [3.8, 4) is 0 Å². The zero-order valence-corrected chi connectivity index (χ0v) is 16.8. The van der Waals surface area contributed by atoms with E-state index in [0.29, 0.717) is 5.92 Å². The van der Waals surface area contributed by atoms with Crippen LogP contribution in [-0.2, 0) is 12.3 Å². The highest BCUT2D eigenvalue weighted by Gasteiger charge is 2.23. The summed E-state index contributed by atoms with van der Waals surface area (Å²) in [5.74, 6) is 2.43. The summed E-state index contributed by atoms with van der Waals surface area (Å²) < 4.78 is 2.24. The monoisotopic (exact) mass is 398 g/mol. The molecule has 4 rings (SSSR count). The van der Waals surface area contributed by atoms with Crippen molar-refractivity contribution in [3.05, 3.63) is 59.5 Å². The maximum Gasteiger partial charge on any atom is 0.191 e. The topological polar surface area (TPSA) is 43.6 Å². The number of hydrogen-bond donors (Lipinski definition) is 0. The smallest absolute Gasteiger partial charge is 0.191 e. The fraction of sp³-hybridized carbons (Fsp3) is 0.381. The van der Waals surface area contributed by atoms with Crippen molar-refractivity contribution in [2.24, 2.45) is 0 Å². The first-order valence-corrected chi connectivity index (χ1v) is 10.8. The van der Waals surface area contributed by atoms with Crippen LogP contribution in [0.5, 0.6) is 0 Å². The number of allylic oxidation sites excluding steroid dienone is 1. The van der Waals surface area contributed by atoms with E-state index in [0.717, 1.165) is 44.8 Å². The lowest BCUT2D eigenvalue weighted by Crippen LogP contribution is -2.12. The molecule has 0 N–H and O–H groups in total. The highest BCUT2D eigenvalue weighted by molar-refractivity contribution is 7.98. The second-order valence-electron chi connectivity index (χ2n) is 6.97. The van der Waals surface area contributed by atoms with Crippen LogP contribution in [0.15, 0.2) is 48.3 Å². The van der Waals surface area contributed by atoms with Crippen molar-refractivity contribution in [1.29, 1.82) is 0 Å². The fourth-order valence-electron chi connectivity index (χ4n) is 3.83. The third kappa shape index (κ3) is 3.90. The van der Waals surface area contributed by atoms with E-state index >= 15 is 0 Å². The Balaban J connectivity index is 1.59. The van der Waals surface area contributed by atoms with Gasteiger partial charge in [0.05, 0.1) is 5.52 Å². The van der Waals surface area contributed by atoms with Crippen LogP contribution in [-0.4, -0.2) is 19.7 Å². The highest BCUT2D eigenvalue weighted by Crippen LogP contribution is 2.34. The van der Waals surface area contributed by atoms with Gasteiger partial charge in [-0.15, -0.1) is 16.8 Å². The van der Waals surface area contributed by atoms with E-state index in [-0.39, 0.29) is 0 Å². The van der Waals surface area contributed by atoms with Gasteiger partial charge < -0.3 is 4.57 Å². The van der Waals surface area contributed by atoms with E-state index in [2.05, 4.69) is 32.4 Å². The number of halogens is 1. The molecular formula is C21H23ClN4S. The molecule has 0 saturated heterocycles. The average molecular weight is 399 g/mol. The molecule has 1 aliphatic carbocycles. The maximum atomic E-state index is 6.32. The molecule has 1 aromatic carbocycles. The molecular weight excluding hydrogens is 376 g/mol. The Bertz CT molecular complexity index is 947. The van der Waals surface area contributed by atoms with Crippen molar-refractivity contribution in [2.75, 3.05) is 0 Å². The van der Waals surface area contributed by atoms with Gasteiger partial charge in [0.1, 0.15) is 5.82 Å². The van der Waals surface area contributed by atoms with Gasteiger partial charge in [-0.1, -0.05) is 54.8 Å². The summed E-state index contributed by atoms with van der Waals surface area (Å²) in [7, 11) is 0. The van der Waals surface area contributed by atoms with Gasteiger partial charge in [0.15, 0.2) is 5.16 Å². The van der Waals surface area contributed by atoms with Crippen LogP contribution in [0.1, 0.15) is 49.4 Å². The van der Waals surface area contributed by atoms with Crippen LogP contribution >= 0.6 is 23.4 Å². The minimum Gasteiger partial charge on any atom is -0.302 e. The molecule has 1 fully saturated rings. The fourth-order valence-corrected chi connectivity index (χ4v) is 4.98. The molecule has 27 heavy (non-hydrogen) atoms. The SMILES string of the molecule is C=CCn1c(SCc2ccc(Cl)c3cccnc23)nnc1C1CCCCC1. The predicted molar refractivity (Wildman–Crippen MR) is 112 cm³/mol. The number of benzene rings is 1. The van der Waals surface area contributed by atoms with E-state index in [4.69, 9.17) is 11.6 Å². The number of fused-ring (bicyclic) bond motifs is 1. The van der Waals surface area contributed by atoms with Gasteiger partial charge in [-0.3, -0.25) is 4.98 Å². The predicted octanol–water partition coefficient (Wildman–Crippen LogP) is 6.01. The number of rotatable bonds is 6. The Hall–Kier alpha value is -1.85. The largest absolute Gasteiger partial charge is 0.302 e. The van der Waals surface area contributed by atoms with Crippen LogP contribution in [0.2, 0.25) is 5.02 Å². The molecule has 0 aliphatic heterocycles. The van der Waals surface area contributed by atoms with E-state index in [9.17, 15) is 0 Å². The third-order valence-electron chi connectivity index (χ3n) is 5.18. The Morgan fingerprint density at radius 3 is 2.85 bits per heavy atom. The molecule has 140 valence electrons. The van der Waals surface area contributed by atoms with Crippen molar-refractivity contribution in [3.63, 3.8) is 0 Å². The van der Waals surface area contributed by atoms with Gasteiger partial charge in [0.25, 0.3) is 0 Å². The lowest BCUT2D eigenvalue weighted by Gasteiger charge is -2.21. The normalized spacial score (nSPS) is 15.3. The Morgan fingerprint density at radius 1 is 1.19 bits per heavy atom. The average Bonchev–Trinajstić information content (AvgIpc) is 3.11. The number of pyridine rings is 1. The molecule has 0 bridgehead atoms. The van der Waals surface area contributed by atoms with Crippen molar-refractivity contribution < 1.29 is 0 Å².